The van der Waals surface area contributed by atoms with E-state index in [2.05, 4.69) is 18.7 Å². The monoisotopic (exact) mass is 173 g/mol. The van der Waals surface area contributed by atoms with Crippen molar-refractivity contribution in [3.63, 3.8) is 0 Å². The Morgan fingerprint density at radius 1 is 1.33 bits per heavy atom. The highest BCUT2D eigenvalue weighted by molar-refractivity contribution is 4.85. The SMILES string of the molecule is CCC1(F)CCN(C(C)C)CC1. The number of rotatable bonds is 2. The number of halogens is 1. The van der Waals surface area contributed by atoms with Gasteiger partial charge in [0.2, 0.25) is 0 Å². The second-order valence-electron chi connectivity index (χ2n) is 4.13. The van der Waals surface area contributed by atoms with Gasteiger partial charge in [-0.3, -0.25) is 0 Å². The van der Waals surface area contributed by atoms with E-state index < -0.39 is 5.67 Å². The molecule has 0 spiro atoms. The van der Waals surface area contributed by atoms with Crippen molar-refractivity contribution >= 4 is 0 Å². The Bertz CT molecular complexity index is 137. The maximum atomic E-state index is 13.7. The number of piperidine rings is 1. The number of hydrogen-bond donors (Lipinski definition) is 0. The molecular weight excluding hydrogens is 153 g/mol. The van der Waals surface area contributed by atoms with E-state index >= 15 is 0 Å². The van der Waals surface area contributed by atoms with Crippen LogP contribution >= 0.6 is 0 Å². The molecule has 0 atom stereocenters. The summed E-state index contributed by atoms with van der Waals surface area (Å²) in [7, 11) is 0. The summed E-state index contributed by atoms with van der Waals surface area (Å²) in [6.45, 7) is 8.17. The summed E-state index contributed by atoms with van der Waals surface area (Å²) in [5.41, 5.74) is -0.856. The molecule has 72 valence electrons. The van der Waals surface area contributed by atoms with Crippen LogP contribution in [-0.2, 0) is 0 Å². The average Bonchev–Trinajstić information content (AvgIpc) is 2.05. The first-order valence-electron chi connectivity index (χ1n) is 5.00. The van der Waals surface area contributed by atoms with Gasteiger partial charge >= 0.3 is 0 Å². The van der Waals surface area contributed by atoms with Crippen LogP contribution in [0.5, 0.6) is 0 Å². The highest BCUT2D eigenvalue weighted by Crippen LogP contribution is 2.30. The smallest absolute Gasteiger partial charge is 0.113 e. The molecule has 0 aliphatic carbocycles. The lowest BCUT2D eigenvalue weighted by Gasteiger charge is -2.37. The van der Waals surface area contributed by atoms with E-state index in [0.29, 0.717) is 12.5 Å². The van der Waals surface area contributed by atoms with Gasteiger partial charge in [-0.2, -0.15) is 0 Å². The number of nitrogens with zero attached hydrogens (tertiary/aromatic N) is 1. The lowest BCUT2D eigenvalue weighted by Crippen LogP contribution is -2.44. The molecule has 0 N–H and O–H groups in total. The molecular formula is C10H20FN. The molecule has 1 aliphatic rings. The van der Waals surface area contributed by atoms with Gasteiger partial charge in [-0.15, -0.1) is 0 Å². The molecule has 0 aromatic rings. The van der Waals surface area contributed by atoms with Crippen LogP contribution in [0.1, 0.15) is 40.0 Å². The molecule has 1 rings (SSSR count). The van der Waals surface area contributed by atoms with Crippen molar-refractivity contribution in [3.8, 4) is 0 Å². The minimum atomic E-state index is -0.856. The quantitative estimate of drug-likeness (QED) is 0.620. The van der Waals surface area contributed by atoms with Crippen molar-refractivity contribution in [3.05, 3.63) is 0 Å². The fourth-order valence-electron chi connectivity index (χ4n) is 1.79. The maximum Gasteiger partial charge on any atom is 0.113 e. The van der Waals surface area contributed by atoms with Crippen LogP contribution in [-0.4, -0.2) is 29.7 Å². The van der Waals surface area contributed by atoms with Gasteiger partial charge in [-0.05, 0) is 33.1 Å². The zero-order valence-electron chi connectivity index (χ0n) is 8.44. The Balaban J connectivity index is 2.39. The van der Waals surface area contributed by atoms with Crippen LogP contribution in [0.15, 0.2) is 0 Å². The summed E-state index contributed by atoms with van der Waals surface area (Å²) in [6.07, 6.45) is 2.13. The summed E-state index contributed by atoms with van der Waals surface area (Å²) in [5, 5.41) is 0. The standard InChI is InChI=1S/C10H20FN/c1-4-10(11)5-7-12(8-6-10)9(2)3/h9H,4-8H2,1-3H3. The van der Waals surface area contributed by atoms with Crippen molar-refractivity contribution in [2.75, 3.05) is 13.1 Å². The van der Waals surface area contributed by atoms with Gasteiger partial charge in [0.15, 0.2) is 0 Å². The highest BCUT2D eigenvalue weighted by Gasteiger charge is 2.32. The number of hydrogen-bond acceptors (Lipinski definition) is 1. The van der Waals surface area contributed by atoms with Gasteiger partial charge < -0.3 is 4.90 Å². The molecule has 1 fully saturated rings. The normalized spacial score (nSPS) is 24.8. The highest BCUT2D eigenvalue weighted by atomic mass is 19.1. The summed E-state index contributed by atoms with van der Waals surface area (Å²) in [5.74, 6) is 0. The molecule has 0 unspecified atom stereocenters. The Morgan fingerprint density at radius 3 is 2.17 bits per heavy atom. The lowest BCUT2D eigenvalue weighted by atomic mass is 9.90. The van der Waals surface area contributed by atoms with Gasteiger partial charge in [0, 0.05) is 19.1 Å². The number of alkyl halides is 1. The second-order valence-corrected chi connectivity index (χ2v) is 4.13. The van der Waals surface area contributed by atoms with Crippen LogP contribution in [0.3, 0.4) is 0 Å². The van der Waals surface area contributed by atoms with Crippen molar-refractivity contribution in [1.82, 2.24) is 4.90 Å². The Labute approximate surface area is 74.9 Å². The molecule has 1 saturated heterocycles. The zero-order chi connectivity index (χ0) is 9.19. The zero-order valence-corrected chi connectivity index (χ0v) is 8.44. The average molecular weight is 173 g/mol. The van der Waals surface area contributed by atoms with E-state index in [0.717, 1.165) is 25.9 Å². The van der Waals surface area contributed by atoms with E-state index in [1.165, 1.54) is 0 Å². The van der Waals surface area contributed by atoms with Gasteiger partial charge in [-0.1, -0.05) is 6.92 Å². The van der Waals surface area contributed by atoms with Crippen LogP contribution in [0.25, 0.3) is 0 Å². The fourth-order valence-corrected chi connectivity index (χ4v) is 1.79. The molecule has 0 aromatic heterocycles. The predicted octanol–water partition coefficient (Wildman–Crippen LogP) is 2.61. The Kier molecular flexibility index (Phi) is 3.10. The minimum absolute atomic E-state index is 0.575. The van der Waals surface area contributed by atoms with Crippen LogP contribution < -0.4 is 0 Å². The molecule has 0 bridgehead atoms. The third kappa shape index (κ3) is 2.19. The van der Waals surface area contributed by atoms with Crippen LogP contribution in [0.2, 0.25) is 0 Å². The van der Waals surface area contributed by atoms with E-state index in [1.54, 1.807) is 0 Å². The van der Waals surface area contributed by atoms with E-state index in [9.17, 15) is 4.39 Å². The van der Waals surface area contributed by atoms with Crippen molar-refractivity contribution in [2.45, 2.75) is 51.7 Å². The van der Waals surface area contributed by atoms with Crippen LogP contribution in [0.4, 0.5) is 4.39 Å². The first kappa shape index (κ1) is 9.97. The molecule has 0 amide bonds. The topological polar surface area (TPSA) is 3.24 Å². The van der Waals surface area contributed by atoms with Crippen LogP contribution in [0, 0.1) is 0 Å². The van der Waals surface area contributed by atoms with Gasteiger partial charge in [0.1, 0.15) is 5.67 Å². The summed E-state index contributed by atoms with van der Waals surface area (Å²) >= 11 is 0. The molecule has 1 nitrogen and oxygen atoms in total. The first-order valence-corrected chi connectivity index (χ1v) is 5.00. The summed E-state index contributed by atoms with van der Waals surface area (Å²) in [6, 6.07) is 0.575. The molecule has 0 aromatic carbocycles. The molecule has 1 aliphatic heterocycles. The molecule has 2 heteroatoms. The summed E-state index contributed by atoms with van der Waals surface area (Å²) in [4.78, 5) is 2.35. The molecule has 12 heavy (non-hydrogen) atoms. The predicted molar refractivity (Wildman–Crippen MR) is 50.1 cm³/mol. The second kappa shape index (κ2) is 3.73. The van der Waals surface area contributed by atoms with Crippen molar-refractivity contribution < 1.29 is 4.39 Å². The summed E-state index contributed by atoms with van der Waals surface area (Å²) < 4.78 is 13.7. The van der Waals surface area contributed by atoms with E-state index in [1.807, 2.05) is 6.92 Å². The molecule has 0 radical (unpaired) electrons. The van der Waals surface area contributed by atoms with E-state index in [4.69, 9.17) is 0 Å². The van der Waals surface area contributed by atoms with E-state index in [-0.39, 0.29) is 0 Å². The third-order valence-corrected chi connectivity index (χ3v) is 3.06. The Morgan fingerprint density at radius 2 is 1.83 bits per heavy atom. The van der Waals surface area contributed by atoms with Crippen molar-refractivity contribution in [2.24, 2.45) is 0 Å². The number of likely N-dealkylation sites (tertiary alicyclic amines) is 1. The fraction of sp³-hybridized carbons (Fsp3) is 1.00. The van der Waals surface area contributed by atoms with Crippen molar-refractivity contribution in [1.29, 1.82) is 0 Å². The van der Waals surface area contributed by atoms with Gasteiger partial charge in [0.05, 0.1) is 0 Å². The largest absolute Gasteiger partial charge is 0.301 e. The van der Waals surface area contributed by atoms with Gasteiger partial charge in [-0.25, -0.2) is 4.39 Å². The third-order valence-electron chi connectivity index (χ3n) is 3.06. The lowest BCUT2D eigenvalue weighted by molar-refractivity contribution is 0.0423. The maximum absolute atomic E-state index is 13.7. The van der Waals surface area contributed by atoms with Gasteiger partial charge in [0.25, 0.3) is 0 Å². The molecule has 1 heterocycles. The minimum Gasteiger partial charge on any atom is -0.301 e. The first-order chi connectivity index (χ1) is 5.57. The Hall–Kier alpha value is -0.110. The molecule has 0 saturated carbocycles.